The third-order valence-corrected chi connectivity index (χ3v) is 3.76. The average molecular weight is 267 g/mol. The lowest BCUT2D eigenvalue weighted by molar-refractivity contribution is -0.133. The number of nitrogens with one attached hydrogen (secondary N) is 1. The van der Waals surface area contributed by atoms with Crippen LogP contribution in [0.25, 0.3) is 0 Å². The zero-order valence-electron chi connectivity index (χ0n) is 10.7. The minimum atomic E-state index is 0.226. The molecule has 0 saturated carbocycles. The van der Waals surface area contributed by atoms with E-state index in [1.54, 1.807) is 0 Å². The predicted octanol–water partition coefficient (Wildman–Crippen LogP) is 2.09. The summed E-state index contributed by atoms with van der Waals surface area (Å²) in [5.41, 5.74) is 1.05. The van der Waals surface area contributed by atoms with Gasteiger partial charge in [-0.15, -0.1) is 0 Å². The summed E-state index contributed by atoms with van der Waals surface area (Å²) in [4.78, 5) is 14.1. The van der Waals surface area contributed by atoms with Gasteiger partial charge in [0.2, 0.25) is 5.91 Å². The summed E-state index contributed by atoms with van der Waals surface area (Å²) >= 11 is 6.09. The van der Waals surface area contributed by atoms with E-state index >= 15 is 0 Å². The Morgan fingerprint density at radius 3 is 3.00 bits per heavy atom. The van der Waals surface area contributed by atoms with Gasteiger partial charge < -0.3 is 10.2 Å². The van der Waals surface area contributed by atoms with Crippen LogP contribution in [-0.2, 0) is 11.2 Å². The molecule has 98 valence electrons. The van der Waals surface area contributed by atoms with Crippen LogP contribution < -0.4 is 5.32 Å². The number of nitrogens with zero attached hydrogens (tertiary/aromatic N) is 1. The molecule has 1 aromatic rings. The van der Waals surface area contributed by atoms with Crippen molar-refractivity contribution in [3.63, 3.8) is 0 Å². The van der Waals surface area contributed by atoms with Crippen molar-refractivity contribution in [1.82, 2.24) is 10.2 Å². The molecule has 3 nitrogen and oxygen atoms in total. The maximum Gasteiger partial charge on any atom is 0.223 e. The highest BCUT2D eigenvalue weighted by molar-refractivity contribution is 6.31. The second-order valence-electron chi connectivity index (χ2n) is 4.73. The summed E-state index contributed by atoms with van der Waals surface area (Å²) in [5.74, 6) is 0.226. The molecule has 1 atom stereocenters. The van der Waals surface area contributed by atoms with E-state index < -0.39 is 0 Å². The lowest BCUT2D eigenvalue weighted by Crippen LogP contribution is -2.52. The highest BCUT2D eigenvalue weighted by atomic mass is 35.5. The Morgan fingerprint density at radius 1 is 1.50 bits per heavy atom. The van der Waals surface area contributed by atoms with Crippen LogP contribution in [0, 0.1) is 0 Å². The molecule has 1 aliphatic heterocycles. The van der Waals surface area contributed by atoms with Gasteiger partial charge in [0.25, 0.3) is 0 Å². The van der Waals surface area contributed by atoms with Crippen molar-refractivity contribution in [3.05, 3.63) is 34.9 Å². The number of piperazine rings is 1. The average Bonchev–Trinajstić information content (AvgIpc) is 2.38. The second kappa shape index (κ2) is 6.21. The van der Waals surface area contributed by atoms with Gasteiger partial charge in [-0.2, -0.15) is 0 Å². The Hall–Kier alpha value is -1.06. The van der Waals surface area contributed by atoms with Crippen molar-refractivity contribution in [2.24, 2.45) is 0 Å². The van der Waals surface area contributed by atoms with Crippen molar-refractivity contribution in [3.8, 4) is 0 Å². The number of hydrogen-bond donors (Lipinski definition) is 1. The lowest BCUT2D eigenvalue weighted by atomic mass is 10.1. The van der Waals surface area contributed by atoms with E-state index in [1.165, 1.54) is 0 Å². The first kappa shape index (κ1) is 13.4. The van der Waals surface area contributed by atoms with Crippen molar-refractivity contribution < 1.29 is 4.79 Å². The number of aryl methyl sites for hydroxylation is 1. The van der Waals surface area contributed by atoms with Crippen LogP contribution in [0.5, 0.6) is 0 Å². The van der Waals surface area contributed by atoms with Gasteiger partial charge in [0, 0.05) is 37.1 Å². The fourth-order valence-corrected chi connectivity index (χ4v) is 2.53. The number of amides is 1. The van der Waals surface area contributed by atoms with Gasteiger partial charge >= 0.3 is 0 Å². The van der Waals surface area contributed by atoms with E-state index in [0.29, 0.717) is 6.42 Å². The molecule has 1 amide bonds. The maximum absolute atomic E-state index is 12.1. The van der Waals surface area contributed by atoms with E-state index in [0.717, 1.165) is 36.6 Å². The third-order valence-electron chi connectivity index (χ3n) is 3.39. The van der Waals surface area contributed by atoms with Gasteiger partial charge in [-0.1, -0.05) is 29.8 Å². The molecule has 1 saturated heterocycles. The standard InChI is InChI=1S/C14H19ClN2O/c1-11-10-16-8-9-17(11)14(18)7-6-12-4-2-3-5-13(12)15/h2-5,11,16H,6-10H2,1H3. The Kier molecular flexibility index (Phi) is 4.61. The Labute approximate surface area is 113 Å². The number of rotatable bonds is 3. The quantitative estimate of drug-likeness (QED) is 0.909. The molecule has 0 aromatic heterocycles. The summed E-state index contributed by atoms with van der Waals surface area (Å²) in [5, 5.41) is 4.04. The predicted molar refractivity (Wildman–Crippen MR) is 73.8 cm³/mol. The van der Waals surface area contributed by atoms with Crippen molar-refractivity contribution in [2.45, 2.75) is 25.8 Å². The topological polar surface area (TPSA) is 32.3 Å². The van der Waals surface area contributed by atoms with Crippen LogP contribution in [0.1, 0.15) is 18.9 Å². The molecule has 2 rings (SSSR count). The zero-order valence-corrected chi connectivity index (χ0v) is 11.4. The minimum absolute atomic E-state index is 0.226. The molecule has 0 bridgehead atoms. The smallest absolute Gasteiger partial charge is 0.223 e. The van der Waals surface area contributed by atoms with Gasteiger partial charge in [-0.3, -0.25) is 4.79 Å². The van der Waals surface area contributed by atoms with Gasteiger partial charge in [-0.25, -0.2) is 0 Å². The molecule has 0 aliphatic carbocycles. The van der Waals surface area contributed by atoms with Gasteiger partial charge in [0.15, 0.2) is 0 Å². The summed E-state index contributed by atoms with van der Waals surface area (Å²) in [7, 11) is 0. The number of hydrogen-bond acceptors (Lipinski definition) is 2. The molecule has 1 unspecified atom stereocenters. The van der Waals surface area contributed by atoms with Crippen LogP contribution in [0.15, 0.2) is 24.3 Å². The normalized spacial score (nSPS) is 19.9. The van der Waals surface area contributed by atoms with Crippen molar-refractivity contribution in [2.75, 3.05) is 19.6 Å². The van der Waals surface area contributed by atoms with Crippen molar-refractivity contribution >= 4 is 17.5 Å². The molecule has 1 heterocycles. The van der Waals surface area contributed by atoms with Gasteiger partial charge in [-0.05, 0) is 25.0 Å². The fourth-order valence-electron chi connectivity index (χ4n) is 2.30. The third kappa shape index (κ3) is 3.24. The van der Waals surface area contributed by atoms with Gasteiger partial charge in [0.05, 0.1) is 0 Å². The van der Waals surface area contributed by atoms with Crippen LogP contribution in [0.4, 0.5) is 0 Å². The number of carbonyl (C=O) groups is 1. The number of carbonyl (C=O) groups excluding carboxylic acids is 1. The molecular weight excluding hydrogens is 248 g/mol. The molecule has 1 aromatic carbocycles. The largest absolute Gasteiger partial charge is 0.337 e. The molecule has 1 aliphatic rings. The highest BCUT2D eigenvalue weighted by Crippen LogP contribution is 2.17. The van der Waals surface area contributed by atoms with Crippen LogP contribution >= 0.6 is 11.6 Å². The summed E-state index contributed by atoms with van der Waals surface area (Å²) in [6.45, 7) is 4.67. The van der Waals surface area contributed by atoms with E-state index in [9.17, 15) is 4.79 Å². The second-order valence-corrected chi connectivity index (χ2v) is 5.14. The number of halogens is 1. The molecule has 0 spiro atoms. The first-order valence-corrected chi connectivity index (χ1v) is 6.80. The van der Waals surface area contributed by atoms with Crippen molar-refractivity contribution in [1.29, 1.82) is 0 Å². The lowest BCUT2D eigenvalue weighted by Gasteiger charge is -2.34. The molecule has 1 N–H and O–H groups in total. The first-order valence-electron chi connectivity index (χ1n) is 6.42. The Balaban J connectivity index is 1.90. The summed E-state index contributed by atoms with van der Waals surface area (Å²) in [6.07, 6.45) is 1.25. The van der Waals surface area contributed by atoms with Crippen LogP contribution in [-0.4, -0.2) is 36.5 Å². The SMILES string of the molecule is CC1CNCCN1C(=O)CCc1ccccc1Cl. The van der Waals surface area contributed by atoms with Crippen LogP contribution in [0.3, 0.4) is 0 Å². The summed E-state index contributed by atoms with van der Waals surface area (Å²) in [6, 6.07) is 8.01. The molecule has 4 heteroatoms. The zero-order chi connectivity index (χ0) is 13.0. The fraction of sp³-hybridized carbons (Fsp3) is 0.500. The monoisotopic (exact) mass is 266 g/mol. The molecule has 1 fully saturated rings. The molecule has 18 heavy (non-hydrogen) atoms. The minimum Gasteiger partial charge on any atom is -0.337 e. The summed E-state index contributed by atoms with van der Waals surface area (Å²) < 4.78 is 0. The maximum atomic E-state index is 12.1. The highest BCUT2D eigenvalue weighted by Gasteiger charge is 2.22. The Morgan fingerprint density at radius 2 is 2.28 bits per heavy atom. The molecular formula is C14H19ClN2O. The van der Waals surface area contributed by atoms with E-state index in [1.807, 2.05) is 29.2 Å². The van der Waals surface area contributed by atoms with E-state index in [4.69, 9.17) is 11.6 Å². The van der Waals surface area contributed by atoms with E-state index in [2.05, 4.69) is 12.2 Å². The number of benzene rings is 1. The molecule has 0 radical (unpaired) electrons. The Bertz CT molecular complexity index is 422. The van der Waals surface area contributed by atoms with E-state index in [-0.39, 0.29) is 11.9 Å². The van der Waals surface area contributed by atoms with Gasteiger partial charge in [0.1, 0.15) is 0 Å². The van der Waals surface area contributed by atoms with Crippen LogP contribution in [0.2, 0.25) is 5.02 Å². The first-order chi connectivity index (χ1) is 8.68.